The van der Waals surface area contributed by atoms with Gasteiger partial charge in [0, 0.05) is 24.6 Å². The molecule has 2 amide bonds. The van der Waals surface area contributed by atoms with Crippen molar-refractivity contribution in [3.05, 3.63) is 18.2 Å². The van der Waals surface area contributed by atoms with E-state index >= 15 is 0 Å². The standard InChI is InChI=1S/C15H21N3O3/c1-9(19)17-13-8-12(5-6-14(13)21-2)18-15(20)10-3-4-11(16)7-10/h5-6,8,10-11H,3-4,7,16H2,1-2H3,(H,17,19)(H,18,20). The van der Waals surface area contributed by atoms with E-state index in [2.05, 4.69) is 10.6 Å². The predicted molar refractivity (Wildman–Crippen MR) is 81.2 cm³/mol. The van der Waals surface area contributed by atoms with Gasteiger partial charge in [-0.1, -0.05) is 0 Å². The van der Waals surface area contributed by atoms with Crippen molar-refractivity contribution in [2.45, 2.75) is 32.2 Å². The summed E-state index contributed by atoms with van der Waals surface area (Å²) in [6.45, 7) is 1.42. The third kappa shape index (κ3) is 3.95. The molecule has 1 fully saturated rings. The van der Waals surface area contributed by atoms with Crippen LogP contribution in [0.25, 0.3) is 0 Å². The first-order valence-corrected chi connectivity index (χ1v) is 7.01. The van der Waals surface area contributed by atoms with Gasteiger partial charge in [-0.05, 0) is 37.5 Å². The fraction of sp³-hybridized carbons (Fsp3) is 0.467. The van der Waals surface area contributed by atoms with Gasteiger partial charge in [-0.3, -0.25) is 9.59 Å². The molecule has 1 aliphatic carbocycles. The fourth-order valence-corrected chi connectivity index (χ4v) is 2.57. The lowest BCUT2D eigenvalue weighted by molar-refractivity contribution is -0.119. The Kier molecular flexibility index (Phi) is 4.80. The highest BCUT2D eigenvalue weighted by molar-refractivity contribution is 5.95. The molecule has 6 heteroatoms. The number of nitrogens with two attached hydrogens (primary N) is 1. The number of carbonyl (C=O) groups excluding carboxylic acids is 2. The number of rotatable bonds is 4. The largest absolute Gasteiger partial charge is 0.495 e. The second-order valence-electron chi connectivity index (χ2n) is 5.36. The molecule has 6 nitrogen and oxygen atoms in total. The zero-order valence-electron chi connectivity index (χ0n) is 12.3. The van der Waals surface area contributed by atoms with Gasteiger partial charge in [0.2, 0.25) is 11.8 Å². The van der Waals surface area contributed by atoms with Crippen LogP contribution in [0.4, 0.5) is 11.4 Å². The molecule has 1 aromatic carbocycles. The maximum atomic E-state index is 12.2. The molecule has 1 aromatic rings. The van der Waals surface area contributed by atoms with Gasteiger partial charge in [-0.15, -0.1) is 0 Å². The molecule has 2 atom stereocenters. The van der Waals surface area contributed by atoms with Gasteiger partial charge in [-0.2, -0.15) is 0 Å². The topological polar surface area (TPSA) is 93.4 Å². The van der Waals surface area contributed by atoms with E-state index in [4.69, 9.17) is 10.5 Å². The third-order valence-electron chi connectivity index (χ3n) is 3.62. The second kappa shape index (κ2) is 6.58. The number of ether oxygens (including phenoxy) is 1. The summed E-state index contributed by atoms with van der Waals surface area (Å²) in [5, 5.41) is 5.55. The monoisotopic (exact) mass is 291 g/mol. The average molecular weight is 291 g/mol. The fourth-order valence-electron chi connectivity index (χ4n) is 2.57. The quantitative estimate of drug-likeness (QED) is 0.787. The van der Waals surface area contributed by atoms with Gasteiger partial charge in [0.05, 0.1) is 12.8 Å². The highest BCUT2D eigenvalue weighted by Gasteiger charge is 2.27. The van der Waals surface area contributed by atoms with E-state index in [9.17, 15) is 9.59 Å². The Morgan fingerprint density at radius 2 is 2.05 bits per heavy atom. The molecule has 0 aliphatic heterocycles. The lowest BCUT2D eigenvalue weighted by Gasteiger charge is -2.14. The minimum Gasteiger partial charge on any atom is -0.495 e. The molecule has 4 N–H and O–H groups in total. The molecule has 114 valence electrons. The van der Waals surface area contributed by atoms with Gasteiger partial charge in [0.25, 0.3) is 0 Å². The van der Waals surface area contributed by atoms with Crippen LogP contribution in [-0.2, 0) is 9.59 Å². The smallest absolute Gasteiger partial charge is 0.227 e. The number of amides is 2. The zero-order chi connectivity index (χ0) is 15.4. The summed E-state index contributed by atoms with van der Waals surface area (Å²) >= 11 is 0. The first-order chi connectivity index (χ1) is 9.99. The van der Waals surface area contributed by atoms with Crippen molar-refractivity contribution in [2.75, 3.05) is 17.7 Å². The highest BCUT2D eigenvalue weighted by Crippen LogP contribution is 2.29. The van der Waals surface area contributed by atoms with Crippen molar-refractivity contribution in [2.24, 2.45) is 11.7 Å². The minimum absolute atomic E-state index is 0.0260. The average Bonchev–Trinajstić information content (AvgIpc) is 2.85. The molecule has 1 saturated carbocycles. The van der Waals surface area contributed by atoms with Gasteiger partial charge < -0.3 is 21.1 Å². The Bertz CT molecular complexity index is 545. The molecule has 21 heavy (non-hydrogen) atoms. The van der Waals surface area contributed by atoms with E-state index in [-0.39, 0.29) is 23.8 Å². The Labute approximate surface area is 124 Å². The Balaban J connectivity index is 2.09. The summed E-state index contributed by atoms with van der Waals surface area (Å²) in [6.07, 6.45) is 2.43. The van der Waals surface area contributed by atoms with Crippen molar-refractivity contribution >= 4 is 23.2 Å². The molecule has 2 rings (SSSR count). The van der Waals surface area contributed by atoms with Crippen molar-refractivity contribution in [1.82, 2.24) is 0 Å². The molecule has 0 aromatic heterocycles. The zero-order valence-corrected chi connectivity index (χ0v) is 12.3. The normalized spacial score (nSPS) is 20.9. The molecule has 0 spiro atoms. The van der Waals surface area contributed by atoms with Crippen LogP contribution < -0.4 is 21.1 Å². The van der Waals surface area contributed by atoms with E-state index in [0.29, 0.717) is 17.1 Å². The number of anilines is 2. The summed E-state index contributed by atoms with van der Waals surface area (Å²) in [6, 6.07) is 5.26. The van der Waals surface area contributed by atoms with Crippen molar-refractivity contribution in [1.29, 1.82) is 0 Å². The van der Waals surface area contributed by atoms with Gasteiger partial charge in [-0.25, -0.2) is 0 Å². The maximum Gasteiger partial charge on any atom is 0.227 e. The molecule has 2 unspecified atom stereocenters. The SMILES string of the molecule is COc1ccc(NC(=O)C2CCC(N)C2)cc1NC(C)=O. The lowest BCUT2D eigenvalue weighted by Crippen LogP contribution is -2.23. The molecule has 0 saturated heterocycles. The van der Waals surface area contributed by atoms with Gasteiger partial charge in [0.1, 0.15) is 5.75 Å². The Morgan fingerprint density at radius 3 is 2.62 bits per heavy atom. The third-order valence-corrected chi connectivity index (χ3v) is 3.62. The van der Waals surface area contributed by atoms with E-state index < -0.39 is 0 Å². The van der Waals surface area contributed by atoms with Gasteiger partial charge in [0.15, 0.2) is 0 Å². The minimum atomic E-state index is -0.196. The van der Waals surface area contributed by atoms with Crippen LogP contribution in [0.3, 0.4) is 0 Å². The predicted octanol–water partition coefficient (Wildman–Crippen LogP) is 1.72. The Hall–Kier alpha value is -2.08. The van der Waals surface area contributed by atoms with E-state index in [1.54, 1.807) is 18.2 Å². The molecule has 0 radical (unpaired) electrons. The maximum absolute atomic E-state index is 12.2. The van der Waals surface area contributed by atoms with Crippen LogP contribution in [0.1, 0.15) is 26.2 Å². The number of hydrogen-bond donors (Lipinski definition) is 3. The molecule has 0 heterocycles. The van der Waals surface area contributed by atoms with E-state index in [0.717, 1.165) is 19.3 Å². The van der Waals surface area contributed by atoms with Crippen LogP contribution in [0.15, 0.2) is 18.2 Å². The molecule has 0 bridgehead atoms. The van der Waals surface area contributed by atoms with E-state index in [1.165, 1.54) is 14.0 Å². The van der Waals surface area contributed by atoms with Crippen LogP contribution in [0.2, 0.25) is 0 Å². The number of methoxy groups -OCH3 is 1. The number of benzene rings is 1. The first-order valence-electron chi connectivity index (χ1n) is 7.01. The summed E-state index contributed by atoms with van der Waals surface area (Å²) in [4.78, 5) is 23.4. The molecule has 1 aliphatic rings. The van der Waals surface area contributed by atoms with Crippen molar-refractivity contribution in [3.8, 4) is 5.75 Å². The molecular formula is C15H21N3O3. The number of nitrogens with one attached hydrogen (secondary N) is 2. The number of hydrogen-bond acceptors (Lipinski definition) is 4. The van der Waals surface area contributed by atoms with Crippen LogP contribution in [0.5, 0.6) is 5.75 Å². The molecular weight excluding hydrogens is 270 g/mol. The summed E-state index contributed by atoms with van der Waals surface area (Å²) in [5.74, 6) is 0.290. The van der Waals surface area contributed by atoms with Crippen LogP contribution in [-0.4, -0.2) is 25.0 Å². The first kappa shape index (κ1) is 15.3. The Morgan fingerprint density at radius 1 is 1.29 bits per heavy atom. The lowest BCUT2D eigenvalue weighted by atomic mass is 10.1. The second-order valence-corrected chi connectivity index (χ2v) is 5.36. The summed E-state index contributed by atoms with van der Waals surface area (Å²) in [5.41, 5.74) is 6.99. The van der Waals surface area contributed by atoms with Crippen LogP contribution in [0, 0.1) is 5.92 Å². The summed E-state index contributed by atoms with van der Waals surface area (Å²) < 4.78 is 5.18. The van der Waals surface area contributed by atoms with E-state index in [1.807, 2.05) is 0 Å². The number of carbonyl (C=O) groups is 2. The van der Waals surface area contributed by atoms with Crippen molar-refractivity contribution in [3.63, 3.8) is 0 Å². The summed E-state index contributed by atoms with van der Waals surface area (Å²) in [7, 11) is 1.53. The van der Waals surface area contributed by atoms with Crippen LogP contribution >= 0.6 is 0 Å². The van der Waals surface area contributed by atoms with Crippen molar-refractivity contribution < 1.29 is 14.3 Å². The highest BCUT2D eigenvalue weighted by atomic mass is 16.5. The van der Waals surface area contributed by atoms with Gasteiger partial charge >= 0.3 is 0 Å².